The summed E-state index contributed by atoms with van der Waals surface area (Å²) in [5.74, 6) is 2.09. The highest BCUT2D eigenvalue weighted by atomic mass is 32.2. The molecule has 0 radical (unpaired) electrons. The molecule has 0 unspecified atom stereocenters. The van der Waals surface area contributed by atoms with Crippen LogP contribution in [0.25, 0.3) is 5.57 Å². The van der Waals surface area contributed by atoms with E-state index in [9.17, 15) is 4.79 Å². The summed E-state index contributed by atoms with van der Waals surface area (Å²) in [6.45, 7) is 10.3. The molecule has 0 aliphatic heterocycles. The van der Waals surface area contributed by atoms with Crippen LogP contribution >= 0.6 is 11.8 Å². The molecule has 144 valence electrons. The summed E-state index contributed by atoms with van der Waals surface area (Å²) in [4.78, 5) is 13.0. The van der Waals surface area contributed by atoms with Gasteiger partial charge in [-0.1, -0.05) is 38.0 Å². The summed E-state index contributed by atoms with van der Waals surface area (Å²) < 4.78 is 5.25. The van der Waals surface area contributed by atoms with Crippen LogP contribution in [0.1, 0.15) is 64.9 Å². The molecule has 0 heterocycles. The Morgan fingerprint density at radius 1 is 1.27 bits per heavy atom. The van der Waals surface area contributed by atoms with Gasteiger partial charge in [0.2, 0.25) is 0 Å². The highest BCUT2D eigenvalue weighted by Gasteiger charge is 2.16. The lowest BCUT2D eigenvalue weighted by molar-refractivity contribution is 0.0529. The zero-order valence-corrected chi connectivity index (χ0v) is 17.3. The van der Waals surface area contributed by atoms with Crippen LogP contribution in [0.15, 0.2) is 35.7 Å². The first kappa shape index (κ1) is 20.9. The Labute approximate surface area is 163 Å². The number of alkyl carbamates (subject to hydrolysis) is 1. The van der Waals surface area contributed by atoms with E-state index in [1.54, 1.807) is 0 Å². The molecule has 0 atom stereocenters. The molecule has 0 bridgehead atoms. The molecule has 26 heavy (non-hydrogen) atoms. The molecule has 1 aliphatic rings. The van der Waals surface area contributed by atoms with Gasteiger partial charge in [-0.2, -0.15) is 0 Å². The third-order valence-corrected chi connectivity index (χ3v) is 5.77. The number of ether oxygens (including phenoxy) is 1. The lowest BCUT2D eigenvalue weighted by Crippen LogP contribution is -2.33. The molecule has 1 aromatic carbocycles. The van der Waals surface area contributed by atoms with Crippen LogP contribution < -0.4 is 5.32 Å². The fourth-order valence-corrected chi connectivity index (χ4v) is 4.29. The van der Waals surface area contributed by atoms with E-state index in [2.05, 4.69) is 36.2 Å². The summed E-state index contributed by atoms with van der Waals surface area (Å²) >= 11 is 1.96. The molecule has 1 aromatic rings. The molecule has 1 aliphatic carbocycles. The van der Waals surface area contributed by atoms with Crippen molar-refractivity contribution in [3.8, 4) is 0 Å². The maximum atomic E-state index is 11.7. The van der Waals surface area contributed by atoms with Crippen LogP contribution in [-0.4, -0.2) is 24.0 Å². The summed E-state index contributed by atoms with van der Waals surface area (Å²) in [5.41, 5.74) is 1.73. The van der Waals surface area contributed by atoms with Gasteiger partial charge in [0.05, 0.1) is 0 Å². The monoisotopic (exact) mass is 375 g/mol. The Morgan fingerprint density at radius 2 is 2.00 bits per heavy atom. The van der Waals surface area contributed by atoms with Crippen molar-refractivity contribution in [3.05, 3.63) is 36.4 Å². The Kier molecular flexibility index (Phi) is 8.08. The fourth-order valence-electron chi connectivity index (χ4n) is 3.15. The first-order chi connectivity index (χ1) is 12.3. The summed E-state index contributed by atoms with van der Waals surface area (Å²) in [6.07, 6.45) is 7.32. The van der Waals surface area contributed by atoms with Crippen LogP contribution in [0.2, 0.25) is 0 Å². The van der Waals surface area contributed by atoms with Crippen LogP contribution in [0.5, 0.6) is 0 Å². The molecule has 1 amide bonds. The second-order valence-corrected chi connectivity index (χ2v) is 9.22. The van der Waals surface area contributed by atoms with Gasteiger partial charge in [0.25, 0.3) is 0 Å². The minimum atomic E-state index is -0.467. The van der Waals surface area contributed by atoms with Crippen molar-refractivity contribution >= 4 is 23.4 Å². The van der Waals surface area contributed by atoms with Crippen molar-refractivity contribution in [2.24, 2.45) is 5.92 Å². The van der Waals surface area contributed by atoms with Crippen molar-refractivity contribution in [1.82, 2.24) is 5.32 Å². The standard InChI is InChI=1S/C22H33NO2S/c1-17(13-14-23-21(24)25-22(2,3)4)19-11-8-12-20(15-19)26-16-18-9-6-5-7-10-18/h8,11-12,15,18H,1,5-7,9-10,13-14,16H2,2-4H3,(H,23,24). The number of carbonyl (C=O) groups excluding carboxylic acids is 1. The van der Waals surface area contributed by atoms with E-state index >= 15 is 0 Å². The molecule has 0 saturated heterocycles. The second-order valence-electron chi connectivity index (χ2n) is 8.13. The first-order valence-electron chi connectivity index (χ1n) is 9.71. The molecule has 2 rings (SSSR count). The number of benzene rings is 1. The van der Waals surface area contributed by atoms with Gasteiger partial charge in [0.15, 0.2) is 0 Å². The average molecular weight is 376 g/mol. The summed E-state index contributed by atoms with van der Waals surface area (Å²) in [6, 6.07) is 8.61. The van der Waals surface area contributed by atoms with Gasteiger partial charge in [-0.05, 0) is 69.2 Å². The van der Waals surface area contributed by atoms with Crippen LogP contribution in [-0.2, 0) is 4.74 Å². The Balaban J connectivity index is 1.77. The third kappa shape index (κ3) is 7.86. The van der Waals surface area contributed by atoms with Gasteiger partial charge in [0.1, 0.15) is 5.60 Å². The van der Waals surface area contributed by atoms with Crippen molar-refractivity contribution < 1.29 is 9.53 Å². The third-order valence-electron chi connectivity index (χ3n) is 4.55. The van der Waals surface area contributed by atoms with Gasteiger partial charge in [-0.3, -0.25) is 0 Å². The highest BCUT2D eigenvalue weighted by molar-refractivity contribution is 7.99. The average Bonchev–Trinajstić information content (AvgIpc) is 2.59. The largest absolute Gasteiger partial charge is 0.444 e. The maximum Gasteiger partial charge on any atom is 0.407 e. The van der Waals surface area contributed by atoms with Gasteiger partial charge >= 0.3 is 6.09 Å². The number of amides is 1. The van der Waals surface area contributed by atoms with Gasteiger partial charge in [-0.25, -0.2) is 4.79 Å². The van der Waals surface area contributed by atoms with Crippen molar-refractivity contribution in [3.63, 3.8) is 0 Å². The number of hydrogen-bond donors (Lipinski definition) is 1. The number of carbonyl (C=O) groups is 1. The lowest BCUT2D eigenvalue weighted by atomic mass is 9.91. The minimum Gasteiger partial charge on any atom is -0.444 e. The van der Waals surface area contributed by atoms with Crippen molar-refractivity contribution in [2.45, 2.75) is 69.8 Å². The van der Waals surface area contributed by atoms with Crippen LogP contribution in [0.3, 0.4) is 0 Å². The quantitative estimate of drug-likeness (QED) is 0.569. The fraction of sp³-hybridized carbons (Fsp3) is 0.591. The predicted molar refractivity (Wildman–Crippen MR) is 112 cm³/mol. The number of rotatable bonds is 7. The van der Waals surface area contributed by atoms with E-state index in [1.807, 2.05) is 32.5 Å². The molecule has 1 saturated carbocycles. The molecule has 0 aromatic heterocycles. The topological polar surface area (TPSA) is 38.3 Å². The van der Waals surface area contributed by atoms with E-state index in [-0.39, 0.29) is 6.09 Å². The molecule has 4 heteroatoms. The zero-order chi connectivity index (χ0) is 19.0. The molecule has 1 fully saturated rings. The lowest BCUT2D eigenvalue weighted by Gasteiger charge is -2.21. The summed E-state index contributed by atoms with van der Waals surface area (Å²) in [5, 5.41) is 2.80. The van der Waals surface area contributed by atoms with Crippen molar-refractivity contribution in [2.75, 3.05) is 12.3 Å². The van der Waals surface area contributed by atoms with E-state index < -0.39 is 5.60 Å². The highest BCUT2D eigenvalue weighted by Crippen LogP contribution is 2.31. The normalized spacial score (nSPS) is 15.5. The van der Waals surface area contributed by atoms with Crippen molar-refractivity contribution in [1.29, 1.82) is 0 Å². The van der Waals surface area contributed by atoms with Gasteiger partial charge in [0, 0.05) is 17.2 Å². The van der Waals surface area contributed by atoms with Crippen LogP contribution in [0.4, 0.5) is 4.79 Å². The Hall–Kier alpha value is -1.42. The maximum absolute atomic E-state index is 11.7. The number of hydrogen-bond acceptors (Lipinski definition) is 3. The van der Waals surface area contributed by atoms with E-state index in [1.165, 1.54) is 42.8 Å². The van der Waals surface area contributed by atoms with E-state index in [0.717, 1.165) is 23.5 Å². The Bertz CT molecular complexity index is 600. The second kappa shape index (κ2) is 10.1. The molecule has 0 spiro atoms. The smallest absolute Gasteiger partial charge is 0.407 e. The first-order valence-corrected chi connectivity index (χ1v) is 10.7. The minimum absolute atomic E-state index is 0.373. The number of nitrogens with one attached hydrogen (secondary N) is 1. The molecule has 1 N–H and O–H groups in total. The van der Waals surface area contributed by atoms with E-state index in [0.29, 0.717) is 6.54 Å². The van der Waals surface area contributed by atoms with Crippen LogP contribution in [0, 0.1) is 5.92 Å². The van der Waals surface area contributed by atoms with Gasteiger partial charge in [-0.15, -0.1) is 11.8 Å². The summed E-state index contributed by atoms with van der Waals surface area (Å²) in [7, 11) is 0. The molecular weight excluding hydrogens is 342 g/mol. The number of thioether (sulfide) groups is 1. The Morgan fingerprint density at radius 3 is 2.69 bits per heavy atom. The van der Waals surface area contributed by atoms with Gasteiger partial charge < -0.3 is 10.1 Å². The van der Waals surface area contributed by atoms with E-state index in [4.69, 9.17) is 4.74 Å². The predicted octanol–water partition coefficient (Wildman–Crippen LogP) is 6.29. The SMILES string of the molecule is C=C(CCNC(=O)OC(C)(C)C)c1cccc(SCC2CCCCC2)c1. The molecular formula is C22H33NO2S. The zero-order valence-electron chi connectivity index (χ0n) is 16.5. The molecule has 3 nitrogen and oxygen atoms in total.